The molecule has 2 aromatic heterocycles. The molecule has 21 heavy (non-hydrogen) atoms. The third-order valence-electron chi connectivity index (χ3n) is 3.41. The summed E-state index contributed by atoms with van der Waals surface area (Å²) in [6, 6.07) is 14.8. The summed E-state index contributed by atoms with van der Waals surface area (Å²) in [5.41, 5.74) is 2.36. The van der Waals surface area contributed by atoms with Crippen LogP contribution in [0.2, 0.25) is 0 Å². The predicted molar refractivity (Wildman–Crippen MR) is 89.6 cm³/mol. The molecule has 1 aromatic carbocycles. The second-order valence-electron chi connectivity index (χ2n) is 4.99. The average molecular weight is 341 g/mol. The Morgan fingerprint density at radius 2 is 1.86 bits per heavy atom. The van der Waals surface area contributed by atoms with Crippen LogP contribution in [-0.4, -0.2) is 24.9 Å². The van der Waals surface area contributed by atoms with Crippen molar-refractivity contribution in [1.82, 2.24) is 9.97 Å². The summed E-state index contributed by atoms with van der Waals surface area (Å²) in [5, 5.41) is 1.14. The molecule has 106 valence electrons. The zero-order valence-electron chi connectivity index (χ0n) is 12.1. The maximum atomic E-state index is 4.72. The fourth-order valence-corrected chi connectivity index (χ4v) is 4.53. The van der Waals surface area contributed by atoms with E-state index in [1.54, 1.807) is 0 Å². The second kappa shape index (κ2) is 6.84. The zero-order valence-corrected chi connectivity index (χ0v) is 13.8. The Bertz CT molecular complexity index is 726. The van der Waals surface area contributed by atoms with Crippen molar-refractivity contribution in [1.29, 1.82) is 0 Å². The number of aromatic nitrogens is 2. The van der Waals surface area contributed by atoms with E-state index in [0.29, 0.717) is 0 Å². The second-order valence-corrected chi connectivity index (χ2v) is 7.27. The van der Waals surface area contributed by atoms with Crippen molar-refractivity contribution in [3.8, 4) is 0 Å². The van der Waals surface area contributed by atoms with Crippen LogP contribution in [0.25, 0.3) is 10.9 Å². The first-order valence-electron chi connectivity index (χ1n) is 7.34. The number of nitrogens with zero attached hydrogens (tertiary/aromatic N) is 2. The number of benzene rings is 1. The SMILES string of the molecule is CCCCc1ncc2cccnc2c1[Se]c1ccccc1. The van der Waals surface area contributed by atoms with Gasteiger partial charge in [0.2, 0.25) is 0 Å². The Morgan fingerprint density at radius 1 is 1.00 bits per heavy atom. The van der Waals surface area contributed by atoms with Crippen molar-refractivity contribution in [2.24, 2.45) is 0 Å². The fourth-order valence-electron chi connectivity index (χ4n) is 2.29. The summed E-state index contributed by atoms with van der Waals surface area (Å²) in [5.74, 6) is 0. The molecule has 0 N–H and O–H groups in total. The Kier molecular flexibility index (Phi) is 4.64. The third kappa shape index (κ3) is 3.31. The number of rotatable bonds is 5. The van der Waals surface area contributed by atoms with E-state index in [1.165, 1.54) is 27.5 Å². The molecule has 0 radical (unpaired) electrons. The van der Waals surface area contributed by atoms with Gasteiger partial charge in [0.25, 0.3) is 0 Å². The van der Waals surface area contributed by atoms with Crippen molar-refractivity contribution < 1.29 is 0 Å². The predicted octanol–water partition coefficient (Wildman–Crippen LogP) is 2.63. The summed E-state index contributed by atoms with van der Waals surface area (Å²) in [6.45, 7) is 2.22. The van der Waals surface area contributed by atoms with Gasteiger partial charge in [0.05, 0.1) is 0 Å². The minimum absolute atomic E-state index is 0.255. The maximum absolute atomic E-state index is 4.72. The van der Waals surface area contributed by atoms with Crippen molar-refractivity contribution in [3.63, 3.8) is 0 Å². The summed E-state index contributed by atoms with van der Waals surface area (Å²) < 4.78 is 2.72. The van der Waals surface area contributed by atoms with Gasteiger partial charge in [-0.05, 0) is 0 Å². The number of hydrogen-bond acceptors (Lipinski definition) is 2. The molecule has 0 saturated heterocycles. The number of unbranched alkanes of at least 4 members (excludes halogenated alkanes) is 1. The molecule has 0 aliphatic rings. The van der Waals surface area contributed by atoms with E-state index in [4.69, 9.17) is 4.98 Å². The molecule has 0 atom stereocenters. The van der Waals surface area contributed by atoms with Crippen LogP contribution in [0.3, 0.4) is 0 Å². The van der Waals surface area contributed by atoms with Gasteiger partial charge in [0.1, 0.15) is 0 Å². The summed E-state index contributed by atoms with van der Waals surface area (Å²) in [4.78, 5) is 9.34. The molecule has 0 aliphatic carbocycles. The minimum atomic E-state index is 0.255. The molecule has 3 heteroatoms. The Hall–Kier alpha value is -1.70. The van der Waals surface area contributed by atoms with Crippen LogP contribution in [-0.2, 0) is 6.42 Å². The topological polar surface area (TPSA) is 25.8 Å². The average Bonchev–Trinajstić information content (AvgIpc) is 2.55. The Balaban J connectivity index is 2.07. The number of pyridine rings is 2. The quantitative estimate of drug-likeness (QED) is 0.667. The van der Waals surface area contributed by atoms with Crippen LogP contribution in [0.5, 0.6) is 0 Å². The van der Waals surface area contributed by atoms with Crippen LogP contribution in [0.15, 0.2) is 54.9 Å². The number of fused-ring (bicyclic) bond motifs is 1. The van der Waals surface area contributed by atoms with Gasteiger partial charge in [-0.15, -0.1) is 0 Å². The van der Waals surface area contributed by atoms with Gasteiger partial charge in [-0.3, -0.25) is 0 Å². The Morgan fingerprint density at radius 3 is 2.67 bits per heavy atom. The molecule has 0 bridgehead atoms. The molecule has 0 unspecified atom stereocenters. The number of hydrogen-bond donors (Lipinski definition) is 0. The van der Waals surface area contributed by atoms with E-state index in [0.717, 1.165) is 17.3 Å². The summed E-state index contributed by atoms with van der Waals surface area (Å²) in [6.07, 6.45) is 7.28. The molecule has 2 heterocycles. The number of aryl methyl sites for hydroxylation is 1. The van der Waals surface area contributed by atoms with Gasteiger partial charge in [-0.2, -0.15) is 0 Å². The van der Waals surface area contributed by atoms with Gasteiger partial charge in [-0.25, -0.2) is 0 Å². The van der Waals surface area contributed by atoms with Crippen LogP contribution in [0, 0.1) is 0 Å². The molecular formula is C18H18N2Se. The Labute approximate surface area is 131 Å². The molecule has 0 saturated carbocycles. The van der Waals surface area contributed by atoms with Crippen LogP contribution in [0.1, 0.15) is 25.5 Å². The van der Waals surface area contributed by atoms with Crippen molar-refractivity contribution in [2.75, 3.05) is 0 Å². The van der Waals surface area contributed by atoms with E-state index in [2.05, 4.69) is 48.3 Å². The molecule has 2 nitrogen and oxygen atoms in total. The van der Waals surface area contributed by atoms with Gasteiger partial charge in [-0.1, -0.05) is 0 Å². The monoisotopic (exact) mass is 342 g/mol. The van der Waals surface area contributed by atoms with Crippen molar-refractivity contribution in [3.05, 3.63) is 60.6 Å². The summed E-state index contributed by atoms with van der Waals surface area (Å²) >= 11 is 0.255. The molecule has 3 aromatic rings. The fraction of sp³-hybridized carbons (Fsp3) is 0.222. The zero-order chi connectivity index (χ0) is 14.5. The van der Waals surface area contributed by atoms with Crippen LogP contribution >= 0.6 is 0 Å². The molecule has 0 spiro atoms. The van der Waals surface area contributed by atoms with Crippen molar-refractivity contribution in [2.45, 2.75) is 26.2 Å². The van der Waals surface area contributed by atoms with Crippen LogP contribution in [0.4, 0.5) is 0 Å². The van der Waals surface area contributed by atoms with Gasteiger partial charge in [0.15, 0.2) is 0 Å². The standard InChI is InChI=1S/C18H18N2Se/c1-2-3-11-16-18(21-15-9-5-4-6-10-15)17-14(13-20-16)8-7-12-19-17/h4-10,12-13H,2-3,11H2,1H3. The molecule has 0 amide bonds. The summed E-state index contributed by atoms with van der Waals surface area (Å²) in [7, 11) is 0. The first-order valence-corrected chi connectivity index (χ1v) is 9.05. The van der Waals surface area contributed by atoms with E-state index in [1.807, 2.05) is 18.5 Å². The normalized spacial score (nSPS) is 10.9. The van der Waals surface area contributed by atoms with Gasteiger partial charge >= 0.3 is 131 Å². The first-order chi connectivity index (χ1) is 10.4. The molecular weight excluding hydrogens is 323 g/mol. The molecule has 0 aliphatic heterocycles. The third-order valence-corrected chi connectivity index (χ3v) is 5.80. The molecule has 0 fully saturated rings. The van der Waals surface area contributed by atoms with E-state index < -0.39 is 0 Å². The van der Waals surface area contributed by atoms with E-state index in [-0.39, 0.29) is 15.0 Å². The van der Waals surface area contributed by atoms with E-state index in [9.17, 15) is 0 Å². The van der Waals surface area contributed by atoms with Crippen LogP contribution < -0.4 is 8.92 Å². The van der Waals surface area contributed by atoms with E-state index >= 15 is 0 Å². The molecule has 3 rings (SSSR count). The first kappa shape index (κ1) is 14.2. The van der Waals surface area contributed by atoms with Gasteiger partial charge < -0.3 is 0 Å². The van der Waals surface area contributed by atoms with Crippen molar-refractivity contribution >= 4 is 34.8 Å². The van der Waals surface area contributed by atoms with Gasteiger partial charge in [0, 0.05) is 0 Å².